The molecule has 0 amide bonds. The van der Waals surface area contributed by atoms with E-state index in [2.05, 4.69) is 10.2 Å². The molecule has 2 heterocycles. The number of carbonyl (C=O) groups excluding carboxylic acids is 1. The molecule has 1 aromatic heterocycles. The Morgan fingerprint density at radius 2 is 1.97 bits per heavy atom. The van der Waals surface area contributed by atoms with Crippen molar-refractivity contribution in [2.24, 2.45) is 0 Å². The quantitative estimate of drug-likeness (QED) is 0.428. The molecule has 0 saturated heterocycles. The van der Waals surface area contributed by atoms with Crippen LogP contribution in [0, 0.1) is 6.92 Å². The standard InChI is InChI=1S/C20H16N2O6S/c1-12-21-22-20(28-12)29-18(19(23)24)9-13-2-5-15(6-3-13)25-10-14-4-7-16-17(8-14)27-11-26-16/h2-9H,10-11H2,1H3,(H,23,24)/p-1/b18-9-. The van der Waals surface area contributed by atoms with Gasteiger partial charge in [-0.25, -0.2) is 0 Å². The Balaban J connectivity index is 1.41. The molecule has 0 saturated carbocycles. The SMILES string of the molecule is Cc1nnc(S/C(=C\c2ccc(OCc3ccc4c(c3)OCO4)cc2)C(=O)[O-])o1. The van der Waals surface area contributed by atoms with Gasteiger partial charge in [-0.3, -0.25) is 0 Å². The summed E-state index contributed by atoms with van der Waals surface area (Å²) in [7, 11) is 0. The van der Waals surface area contributed by atoms with E-state index in [4.69, 9.17) is 18.6 Å². The number of nitrogens with zero attached hydrogens (tertiary/aromatic N) is 2. The second kappa shape index (κ2) is 8.27. The molecule has 8 nitrogen and oxygen atoms in total. The molecule has 29 heavy (non-hydrogen) atoms. The average molecular weight is 411 g/mol. The molecule has 2 aromatic carbocycles. The summed E-state index contributed by atoms with van der Waals surface area (Å²) in [6.45, 7) is 2.22. The molecule has 0 spiro atoms. The maximum absolute atomic E-state index is 11.4. The molecule has 0 N–H and O–H groups in total. The number of hydrogen-bond donors (Lipinski definition) is 0. The van der Waals surface area contributed by atoms with Gasteiger partial charge in [-0.1, -0.05) is 18.2 Å². The number of benzene rings is 2. The van der Waals surface area contributed by atoms with E-state index in [1.165, 1.54) is 6.08 Å². The number of aryl methyl sites for hydroxylation is 1. The smallest absolute Gasteiger partial charge is 0.281 e. The number of carbonyl (C=O) groups is 1. The topological polar surface area (TPSA) is 107 Å². The highest BCUT2D eigenvalue weighted by Crippen LogP contribution is 2.33. The Hall–Kier alpha value is -3.46. The lowest BCUT2D eigenvalue weighted by Gasteiger charge is -2.08. The highest BCUT2D eigenvalue weighted by atomic mass is 32.2. The molecular weight excluding hydrogens is 396 g/mol. The largest absolute Gasteiger partial charge is 0.544 e. The minimum absolute atomic E-state index is 0.0392. The molecule has 0 atom stereocenters. The van der Waals surface area contributed by atoms with Crippen molar-refractivity contribution in [1.29, 1.82) is 0 Å². The number of hydrogen-bond acceptors (Lipinski definition) is 9. The molecule has 1 aliphatic heterocycles. The van der Waals surface area contributed by atoms with Crippen LogP contribution in [0.2, 0.25) is 0 Å². The molecule has 3 aromatic rings. The maximum atomic E-state index is 11.4. The highest BCUT2D eigenvalue weighted by molar-refractivity contribution is 8.03. The number of aliphatic carboxylic acids is 1. The minimum atomic E-state index is -1.33. The number of ether oxygens (including phenoxy) is 3. The number of thioether (sulfide) groups is 1. The van der Waals surface area contributed by atoms with Crippen LogP contribution in [-0.2, 0) is 11.4 Å². The van der Waals surface area contributed by atoms with E-state index in [9.17, 15) is 9.90 Å². The third-order valence-electron chi connectivity index (χ3n) is 3.93. The van der Waals surface area contributed by atoms with E-state index in [0.717, 1.165) is 23.1 Å². The zero-order chi connectivity index (χ0) is 20.2. The van der Waals surface area contributed by atoms with Gasteiger partial charge in [0.1, 0.15) is 12.4 Å². The Bertz CT molecular complexity index is 1060. The summed E-state index contributed by atoms with van der Waals surface area (Å²) in [5.74, 6) is 1.11. The van der Waals surface area contributed by atoms with Gasteiger partial charge in [0.15, 0.2) is 11.5 Å². The van der Waals surface area contributed by atoms with Crippen molar-refractivity contribution in [2.45, 2.75) is 18.8 Å². The molecule has 0 bridgehead atoms. The molecule has 1 aliphatic rings. The normalized spacial score (nSPS) is 12.8. The van der Waals surface area contributed by atoms with Crippen LogP contribution in [0.1, 0.15) is 17.0 Å². The van der Waals surface area contributed by atoms with Gasteiger partial charge in [0.05, 0.1) is 5.97 Å². The third kappa shape index (κ3) is 4.69. The summed E-state index contributed by atoms with van der Waals surface area (Å²) in [5.41, 5.74) is 1.62. The Morgan fingerprint density at radius 1 is 1.17 bits per heavy atom. The van der Waals surface area contributed by atoms with E-state index < -0.39 is 5.97 Å². The fourth-order valence-electron chi connectivity index (χ4n) is 2.55. The van der Waals surface area contributed by atoms with Gasteiger partial charge in [-0.15, -0.1) is 10.2 Å². The first-order valence-electron chi connectivity index (χ1n) is 8.59. The number of carboxylic acids is 1. The number of carboxylic acid groups (broad SMARTS) is 1. The predicted molar refractivity (Wildman–Crippen MR) is 101 cm³/mol. The second-order valence-corrected chi connectivity index (χ2v) is 7.02. The first-order valence-corrected chi connectivity index (χ1v) is 9.41. The van der Waals surface area contributed by atoms with E-state index >= 15 is 0 Å². The average Bonchev–Trinajstić information content (AvgIpc) is 3.35. The maximum Gasteiger partial charge on any atom is 0.281 e. The first kappa shape index (κ1) is 18.9. The van der Waals surface area contributed by atoms with Crippen LogP contribution in [0.25, 0.3) is 6.08 Å². The number of fused-ring (bicyclic) bond motifs is 1. The second-order valence-electron chi connectivity index (χ2n) is 6.03. The predicted octanol–water partition coefficient (Wildman–Crippen LogP) is 2.57. The monoisotopic (exact) mass is 411 g/mol. The van der Waals surface area contributed by atoms with E-state index in [0.29, 0.717) is 29.6 Å². The van der Waals surface area contributed by atoms with E-state index in [1.807, 2.05) is 18.2 Å². The van der Waals surface area contributed by atoms with Crippen molar-refractivity contribution in [3.8, 4) is 17.2 Å². The summed E-state index contributed by atoms with van der Waals surface area (Å²) in [5, 5.41) is 19.0. The Kier molecular flexibility index (Phi) is 5.39. The van der Waals surface area contributed by atoms with Gasteiger partial charge in [0, 0.05) is 11.8 Å². The van der Waals surface area contributed by atoms with Crippen LogP contribution < -0.4 is 19.3 Å². The minimum Gasteiger partial charge on any atom is -0.544 e. The highest BCUT2D eigenvalue weighted by Gasteiger charge is 2.13. The van der Waals surface area contributed by atoms with Gasteiger partial charge < -0.3 is 28.5 Å². The van der Waals surface area contributed by atoms with E-state index in [1.54, 1.807) is 31.2 Å². The van der Waals surface area contributed by atoms with Crippen LogP contribution in [0.4, 0.5) is 0 Å². The van der Waals surface area contributed by atoms with Crippen molar-refractivity contribution in [3.05, 3.63) is 64.4 Å². The van der Waals surface area contributed by atoms with Crippen molar-refractivity contribution < 1.29 is 28.5 Å². The molecule has 148 valence electrons. The molecule has 9 heteroatoms. The zero-order valence-corrected chi connectivity index (χ0v) is 16.1. The van der Waals surface area contributed by atoms with Gasteiger partial charge in [0.2, 0.25) is 12.7 Å². The first-order chi connectivity index (χ1) is 14.1. The number of rotatable bonds is 7. The van der Waals surface area contributed by atoms with Crippen molar-refractivity contribution in [1.82, 2.24) is 10.2 Å². The Morgan fingerprint density at radius 3 is 2.69 bits per heavy atom. The van der Waals surface area contributed by atoms with Crippen LogP contribution in [0.15, 0.2) is 57.0 Å². The summed E-state index contributed by atoms with van der Waals surface area (Å²) in [6, 6.07) is 12.6. The van der Waals surface area contributed by atoms with Gasteiger partial charge >= 0.3 is 0 Å². The lowest BCUT2D eigenvalue weighted by atomic mass is 10.2. The summed E-state index contributed by atoms with van der Waals surface area (Å²) in [4.78, 5) is 11.3. The van der Waals surface area contributed by atoms with Crippen LogP contribution in [0.5, 0.6) is 17.2 Å². The van der Waals surface area contributed by atoms with Gasteiger partial charge in [0.25, 0.3) is 5.22 Å². The summed E-state index contributed by atoms with van der Waals surface area (Å²) < 4.78 is 21.6. The van der Waals surface area contributed by atoms with E-state index in [-0.39, 0.29) is 16.9 Å². The third-order valence-corrected chi connectivity index (χ3v) is 4.77. The molecule has 0 unspecified atom stereocenters. The molecular formula is C20H15N2O6S-. The van der Waals surface area contributed by atoms with Crippen LogP contribution in [0.3, 0.4) is 0 Å². The van der Waals surface area contributed by atoms with Crippen LogP contribution in [-0.4, -0.2) is 23.0 Å². The molecule has 4 rings (SSSR count). The number of aromatic nitrogens is 2. The summed E-state index contributed by atoms with van der Waals surface area (Å²) >= 11 is 0.839. The fraction of sp³-hybridized carbons (Fsp3) is 0.150. The van der Waals surface area contributed by atoms with Crippen LogP contribution >= 0.6 is 11.8 Å². The zero-order valence-electron chi connectivity index (χ0n) is 15.3. The molecule has 0 radical (unpaired) electrons. The van der Waals surface area contributed by atoms with Crippen molar-refractivity contribution >= 4 is 23.8 Å². The molecule has 0 aliphatic carbocycles. The van der Waals surface area contributed by atoms with Gasteiger partial charge in [-0.05, 0) is 53.2 Å². The van der Waals surface area contributed by atoms with Crippen molar-refractivity contribution in [2.75, 3.05) is 6.79 Å². The molecule has 0 fully saturated rings. The Labute approximate surface area is 170 Å². The fourth-order valence-corrected chi connectivity index (χ4v) is 3.26. The lowest BCUT2D eigenvalue weighted by molar-refractivity contribution is -0.298. The van der Waals surface area contributed by atoms with Crippen molar-refractivity contribution in [3.63, 3.8) is 0 Å². The summed E-state index contributed by atoms with van der Waals surface area (Å²) in [6.07, 6.45) is 1.47. The lowest BCUT2D eigenvalue weighted by Crippen LogP contribution is -2.23. The van der Waals surface area contributed by atoms with Gasteiger partial charge in [-0.2, -0.15) is 0 Å².